The predicted molar refractivity (Wildman–Crippen MR) is 116 cm³/mol. The molecule has 0 radical (unpaired) electrons. The zero-order chi connectivity index (χ0) is 21.8. The first-order chi connectivity index (χ1) is 14.9. The lowest BCUT2D eigenvalue weighted by atomic mass is 9.87. The summed E-state index contributed by atoms with van der Waals surface area (Å²) >= 11 is 0. The van der Waals surface area contributed by atoms with Crippen molar-refractivity contribution in [1.29, 1.82) is 0 Å². The first-order valence-corrected chi connectivity index (χ1v) is 10.9. The Morgan fingerprint density at radius 3 is 2.61 bits per heavy atom. The molecule has 1 atom stereocenters. The van der Waals surface area contributed by atoms with Gasteiger partial charge in [0, 0.05) is 31.1 Å². The molecule has 1 N–H and O–H groups in total. The monoisotopic (exact) mass is 424 g/mol. The van der Waals surface area contributed by atoms with Crippen LogP contribution < -0.4 is 9.80 Å². The summed E-state index contributed by atoms with van der Waals surface area (Å²) in [6.07, 6.45) is 5.64. The van der Waals surface area contributed by atoms with Crippen molar-refractivity contribution in [3.05, 3.63) is 30.6 Å². The number of aromatic nitrogens is 2. The van der Waals surface area contributed by atoms with Crippen LogP contribution in [0.5, 0.6) is 0 Å². The van der Waals surface area contributed by atoms with E-state index in [-0.39, 0.29) is 35.8 Å². The number of rotatable bonds is 5. The van der Waals surface area contributed by atoms with Gasteiger partial charge >= 0.3 is 0 Å². The zero-order valence-electron chi connectivity index (χ0n) is 18.0. The molecular weight excluding hydrogens is 396 g/mol. The number of ether oxygens (including phenoxy) is 1. The Balaban J connectivity index is 1.48. The summed E-state index contributed by atoms with van der Waals surface area (Å²) in [5, 5.41) is 14.2. The van der Waals surface area contributed by atoms with E-state index in [1.165, 1.54) is 0 Å². The van der Waals surface area contributed by atoms with Gasteiger partial charge in [-0.25, -0.2) is 0 Å². The van der Waals surface area contributed by atoms with Crippen molar-refractivity contribution in [2.45, 2.75) is 39.3 Å². The molecule has 1 aromatic carbocycles. The summed E-state index contributed by atoms with van der Waals surface area (Å²) in [5.74, 6) is 0.235. The number of anilines is 2. The van der Waals surface area contributed by atoms with E-state index in [0.717, 1.165) is 35.3 Å². The Labute approximate surface area is 181 Å². The maximum absolute atomic E-state index is 13.0. The van der Waals surface area contributed by atoms with Crippen LogP contribution in [0, 0.1) is 11.3 Å². The number of amides is 2. The summed E-state index contributed by atoms with van der Waals surface area (Å²) in [6.45, 7) is 5.79. The lowest BCUT2D eigenvalue weighted by molar-refractivity contribution is -0.146. The highest BCUT2D eigenvalue weighted by Gasteiger charge is 2.40. The molecule has 2 amide bonds. The molecule has 2 aromatic rings. The summed E-state index contributed by atoms with van der Waals surface area (Å²) in [6, 6.07) is 5.83. The smallest absolute Gasteiger partial charge is 0.230 e. The Bertz CT molecular complexity index is 1020. The average molecular weight is 425 g/mol. The zero-order valence-corrected chi connectivity index (χ0v) is 18.0. The van der Waals surface area contributed by atoms with Gasteiger partial charge in [0.1, 0.15) is 0 Å². The molecule has 1 saturated heterocycles. The fourth-order valence-corrected chi connectivity index (χ4v) is 4.61. The van der Waals surface area contributed by atoms with E-state index in [1.54, 1.807) is 18.0 Å². The van der Waals surface area contributed by atoms with E-state index in [4.69, 9.17) is 4.74 Å². The third-order valence-electron chi connectivity index (χ3n) is 6.56. The highest BCUT2D eigenvalue weighted by Crippen LogP contribution is 2.42. The minimum absolute atomic E-state index is 0.0233. The van der Waals surface area contributed by atoms with Gasteiger partial charge in [0.25, 0.3) is 0 Å². The number of carbonyl (C=O) groups is 2. The van der Waals surface area contributed by atoms with Crippen LogP contribution in [0.3, 0.4) is 0 Å². The van der Waals surface area contributed by atoms with Crippen LogP contribution in [0.4, 0.5) is 11.4 Å². The number of aliphatic hydroxyl groups is 1. The van der Waals surface area contributed by atoms with Gasteiger partial charge in [-0.05, 0) is 37.5 Å². The van der Waals surface area contributed by atoms with Gasteiger partial charge in [-0.2, -0.15) is 5.10 Å². The van der Waals surface area contributed by atoms with Crippen molar-refractivity contribution in [2.75, 3.05) is 36.2 Å². The minimum atomic E-state index is -0.259. The molecule has 0 spiro atoms. The predicted octanol–water partition coefficient (Wildman–Crippen LogP) is 2.06. The number of benzene rings is 1. The standard InChI is InChI=1S/C23H28N4O4/c1-15-9-26(22(30)17-3-4-17)21-7-18(5-6-20(21)27(15)16(2)29)19-8-24-25(10-19)11-23(12-28)13-31-14-23/h5-8,10,15,17,28H,3-4,9,11-14H2,1-2H3/t15-/m0/s1. The van der Waals surface area contributed by atoms with Gasteiger partial charge in [-0.15, -0.1) is 0 Å². The molecule has 0 bridgehead atoms. The first kappa shape index (κ1) is 20.2. The number of aliphatic hydroxyl groups excluding tert-OH is 1. The lowest BCUT2D eigenvalue weighted by Crippen LogP contribution is -2.51. The maximum Gasteiger partial charge on any atom is 0.230 e. The molecule has 2 fully saturated rings. The molecule has 5 rings (SSSR count). The van der Waals surface area contributed by atoms with Crippen molar-refractivity contribution >= 4 is 23.2 Å². The van der Waals surface area contributed by atoms with Crippen molar-refractivity contribution in [3.8, 4) is 11.1 Å². The maximum atomic E-state index is 13.0. The fourth-order valence-electron chi connectivity index (χ4n) is 4.61. The van der Waals surface area contributed by atoms with E-state index >= 15 is 0 Å². The van der Waals surface area contributed by atoms with E-state index in [1.807, 2.05) is 40.9 Å². The van der Waals surface area contributed by atoms with Gasteiger partial charge < -0.3 is 19.6 Å². The number of carbonyl (C=O) groups excluding carboxylic acids is 2. The van der Waals surface area contributed by atoms with E-state index in [2.05, 4.69) is 5.10 Å². The van der Waals surface area contributed by atoms with Crippen LogP contribution >= 0.6 is 0 Å². The molecule has 1 aromatic heterocycles. The molecule has 3 aliphatic rings. The quantitative estimate of drug-likeness (QED) is 0.794. The van der Waals surface area contributed by atoms with Crippen molar-refractivity contribution in [1.82, 2.24) is 9.78 Å². The van der Waals surface area contributed by atoms with E-state index in [0.29, 0.717) is 26.3 Å². The topological polar surface area (TPSA) is 87.9 Å². The Hall–Kier alpha value is -2.71. The van der Waals surface area contributed by atoms with Crippen LogP contribution in [-0.4, -0.2) is 59.1 Å². The summed E-state index contributed by atoms with van der Waals surface area (Å²) in [7, 11) is 0. The normalized spacial score (nSPS) is 22.1. The van der Waals surface area contributed by atoms with Crippen molar-refractivity contribution < 1.29 is 19.4 Å². The third-order valence-corrected chi connectivity index (χ3v) is 6.56. The molecule has 31 heavy (non-hydrogen) atoms. The van der Waals surface area contributed by atoms with Gasteiger partial charge in [0.05, 0.1) is 55.4 Å². The Morgan fingerprint density at radius 1 is 1.23 bits per heavy atom. The fraction of sp³-hybridized carbons (Fsp3) is 0.522. The number of hydrogen-bond acceptors (Lipinski definition) is 5. The van der Waals surface area contributed by atoms with Crippen LogP contribution in [0.25, 0.3) is 11.1 Å². The SMILES string of the molecule is CC(=O)N1c2ccc(-c3cnn(CC4(CO)COC4)c3)cc2N(C(=O)C2CC2)C[C@@H]1C. The Kier molecular flexibility index (Phi) is 4.86. The largest absolute Gasteiger partial charge is 0.396 e. The molecule has 3 heterocycles. The molecule has 0 unspecified atom stereocenters. The second-order valence-corrected chi connectivity index (χ2v) is 9.24. The molecule has 1 aliphatic carbocycles. The second-order valence-electron chi connectivity index (χ2n) is 9.24. The third kappa shape index (κ3) is 3.53. The van der Waals surface area contributed by atoms with Crippen molar-refractivity contribution in [3.63, 3.8) is 0 Å². The second kappa shape index (κ2) is 7.46. The van der Waals surface area contributed by atoms with E-state index < -0.39 is 0 Å². The van der Waals surface area contributed by atoms with Gasteiger partial charge in [0.15, 0.2) is 0 Å². The van der Waals surface area contributed by atoms with Gasteiger partial charge in [-0.1, -0.05) is 6.07 Å². The molecule has 164 valence electrons. The summed E-state index contributed by atoms with van der Waals surface area (Å²) in [5.41, 5.74) is 3.18. The van der Waals surface area contributed by atoms with Crippen LogP contribution in [-0.2, 0) is 20.9 Å². The summed E-state index contributed by atoms with van der Waals surface area (Å²) in [4.78, 5) is 29.0. The van der Waals surface area contributed by atoms with Gasteiger partial charge in [0.2, 0.25) is 11.8 Å². The van der Waals surface area contributed by atoms with Gasteiger partial charge in [-0.3, -0.25) is 14.3 Å². The molecule has 2 aliphatic heterocycles. The number of hydrogen-bond donors (Lipinski definition) is 1. The van der Waals surface area contributed by atoms with Crippen LogP contribution in [0.2, 0.25) is 0 Å². The highest BCUT2D eigenvalue weighted by atomic mass is 16.5. The first-order valence-electron chi connectivity index (χ1n) is 10.9. The number of fused-ring (bicyclic) bond motifs is 1. The highest BCUT2D eigenvalue weighted by molar-refractivity contribution is 6.06. The van der Waals surface area contributed by atoms with Crippen LogP contribution in [0.1, 0.15) is 26.7 Å². The molecule has 8 heteroatoms. The Morgan fingerprint density at radius 2 is 2.00 bits per heavy atom. The lowest BCUT2D eigenvalue weighted by Gasteiger charge is -2.41. The van der Waals surface area contributed by atoms with Crippen LogP contribution in [0.15, 0.2) is 30.6 Å². The molecular formula is C23H28N4O4. The summed E-state index contributed by atoms with van der Waals surface area (Å²) < 4.78 is 7.12. The van der Waals surface area contributed by atoms with Crippen molar-refractivity contribution in [2.24, 2.45) is 11.3 Å². The number of nitrogens with zero attached hydrogens (tertiary/aromatic N) is 4. The molecule has 8 nitrogen and oxygen atoms in total. The minimum Gasteiger partial charge on any atom is -0.396 e. The average Bonchev–Trinajstić information content (AvgIpc) is 3.47. The van der Waals surface area contributed by atoms with E-state index in [9.17, 15) is 14.7 Å². The molecule has 1 saturated carbocycles.